The van der Waals surface area contributed by atoms with Crippen LogP contribution < -0.4 is 4.90 Å². The molecule has 1 aromatic carbocycles. The Kier molecular flexibility index (Phi) is 4.02. The normalized spacial score (nSPS) is 18.2. The van der Waals surface area contributed by atoms with E-state index in [2.05, 4.69) is 5.10 Å². The van der Waals surface area contributed by atoms with E-state index in [1.54, 1.807) is 27.9 Å². The maximum Gasteiger partial charge on any atom is 0.150 e. The van der Waals surface area contributed by atoms with Crippen LogP contribution in [0.4, 0.5) is 14.5 Å². The lowest BCUT2D eigenvalue weighted by atomic mass is 10.1. The van der Waals surface area contributed by atoms with Crippen molar-refractivity contribution in [2.45, 2.75) is 12.6 Å². The predicted octanol–water partition coefficient (Wildman–Crippen LogP) is 1.94. The molecule has 5 nitrogen and oxygen atoms in total. The molecule has 2 aromatic rings. The monoisotopic (exact) mass is 304 g/mol. The number of nitrogens with zero attached hydrogens (tertiary/aromatic N) is 4. The summed E-state index contributed by atoms with van der Waals surface area (Å²) in [6, 6.07) is 5.65. The maximum atomic E-state index is 14.1. The molecule has 1 aliphatic rings. The maximum absolute atomic E-state index is 14.1. The van der Waals surface area contributed by atoms with Crippen molar-refractivity contribution < 1.29 is 13.5 Å². The molecule has 1 fully saturated rings. The molecular weight excluding hydrogens is 290 g/mol. The number of aromatic nitrogens is 2. The number of rotatable bonds is 3. The van der Waals surface area contributed by atoms with Gasteiger partial charge in [-0.05, 0) is 18.2 Å². The molecular formula is C15H14F2N4O. The number of ether oxygens (including phenoxy) is 1. The fourth-order valence-electron chi connectivity index (χ4n) is 2.58. The highest BCUT2D eigenvalue weighted by Gasteiger charge is 2.26. The number of hydrogen-bond donors (Lipinski definition) is 0. The number of halogens is 2. The van der Waals surface area contributed by atoms with Crippen molar-refractivity contribution in [2.24, 2.45) is 0 Å². The lowest BCUT2D eigenvalue weighted by Crippen LogP contribution is -2.45. The van der Waals surface area contributed by atoms with E-state index in [0.717, 1.165) is 12.1 Å². The molecule has 1 aliphatic heterocycles. The summed E-state index contributed by atoms with van der Waals surface area (Å²) in [5.41, 5.74) is -0.132. The van der Waals surface area contributed by atoms with Gasteiger partial charge in [0.1, 0.15) is 5.69 Å². The van der Waals surface area contributed by atoms with E-state index in [9.17, 15) is 8.78 Å². The van der Waals surface area contributed by atoms with Gasteiger partial charge in [-0.25, -0.2) is 8.78 Å². The number of morpholine rings is 1. The third-order valence-electron chi connectivity index (χ3n) is 3.55. The molecule has 1 unspecified atom stereocenters. The molecule has 1 saturated heterocycles. The van der Waals surface area contributed by atoms with Gasteiger partial charge in [0.25, 0.3) is 0 Å². The lowest BCUT2D eigenvalue weighted by Gasteiger charge is -2.34. The second kappa shape index (κ2) is 6.12. The molecule has 0 spiro atoms. The van der Waals surface area contributed by atoms with Gasteiger partial charge in [0, 0.05) is 25.5 Å². The van der Waals surface area contributed by atoms with Crippen LogP contribution in [0.3, 0.4) is 0 Å². The Balaban J connectivity index is 1.79. The molecule has 0 aliphatic carbocycles. The summed E-state index contributed by atoms with van der Waals surface area (Å²) in [6.45, 7) is 1.66. The third kappa shape index (κ3) is 2.92. The van der Waals surface area contributed by atoms with Crippen molar-refractivity contribution in [2.75, 3.05) is 24.6 Å². The highest BCUT2D eigenvalue weighted by atomic mass is 19.1. The van der Waals surface area contributed by atoms with Gasteiger partial charge in [0.15, 0.2) is 11.6 Å². The predicted molar refractivity (Wildman–Crippen MR) is 75.3 cm³/mol. The molecule has 0 amide bonds. The van der Waals surface area contributed by atoms with E-state index >= 15 is 0 Å². The fraction of sp³-hybridized carbons (Fsp3) is 0.333. The first kappa shape index (κ1) is 14.5. The summed E-state index contributed by atoms with van der Waals surface area (Å²) < 4.78 is 35.5. The zero-order valence-electron chi connectivity index (χ0n) is 11.7. The largest absolute Gasteiger partial charge is 0.373 e. The van der Waals surface area contributed by atoms with Crippen LogP contribution >= 0.6 is 0 Å². The third-order valence-corrected chi connectivity index (χ3v) is 3.55. The van der Waals surface area contributed by atoms with Crippen LogP contribution in [-0.2, 0) is 11.3 Å². The van der Waals surface area contributed by atoms with Gasteiger partial charge >= 0.3 is 0 Å². The Bertz CT molecular complexity index is 673. The van der Waals surface area contributed by atoms with Crippen molar-refractivity contribution in [3.05, 3.63) is 47.8 Å². The Hall–Kier alpha value is -2.46. The summed E-state index contributed by atoms with van der Waals surface area (Å²) >= 11 is 0. The molecule has 3 rings (SSSR count). The minimum absolute atomic E-state index is 0.0277. The van der Waals surface area contributed by atoms with Gasteiger partial charge in [-0.2, -0.15) is 10.4 Å². The zero-order valence-corrected chi connectivity index (χ0v) is 11.7. The number of anilines is 1. The van der Waals surface area contributed by atoms with Crippen LogP contribution in [0.25, 0.3) is 0 Å². The Labute approximate surface area is 126 Å². The molecule has 1 atom stereocenters. The summed E-state index contributed by atoms with van der Waals surface area (Å²) in [6.07, 6.45) is 3.27. The van der Waals surface area contributed by atoms with Crippen LogP contribution in [0.15, 0.2) is 30.6 Å². The number of nitriles is 1. The minimum atomic E-state index is -0.726. The first-order chi connectivity index (χ1) is 10.7. The van der Waals surface area contributed by atoms with E-state index in [4.69, 9.17) is 10.00 Å². The molecule has 0 radical (unpaired) electrons. The minimum Gasteiger partial charge on any atom is -0.373 e. The fourth-order valence-corrected chi connectivity index (χ4v) is 2.58. The molecule has 114 valence electrons. The summed E-state index contributed by atoms with van der Waals surface area (Å²) in [7, 11) is 0. The summed E-state index contributed by atoms with van der Waals surface area (Å²) in [4.78, 5) is 1.61. The number of hydrogen-bond acceptors (Lipinski definition) is 4. The van der Waals surface area contributed by atoms with Crippen molar-refractivity contribution in [3.8, 4) is 6.07 Å². The van der Waals surface area contributed by atoms with Crippen molar-refractivity contribution in [3.63, 3.8) is 0 Å². The Morgan fingerprint density at radius 3 is 2.77 bits per heavy atom. The van der Waals surface area contributed by atoms with Crippen molar-refractivity contribution in [1.82, 2.24) is 9.78 Å². The van der Waals surface area contributed by atoms with Crippen molar-refractivity contribution >= 4 is 5.69 Å². The van der Waals surface area contributed by atoms with E-state index in [1.807, 2.05) is 6.20 Å². The second-order valence-corrected chi connectivity index (χ2v) is 5.07. The quantitative estimate of drug-likeness (QED) is 0.869. The average Bonchev–Trinajstić information content (AvgIpc) is 3.00. The van der Waals surface area contributed by atoms with Crippen LogP contribution in [0.5, 0.6) is 0 Å². The van der Waals surface area contributed by atoms with Gasteiger partial charge in [0.2, 0.25) is 0 Å². The lowest BCUT2D eigenvalue weighted by molar-refractivity contribution is 0.0270. The van der Waals surface area contributed by atoms with Gasteiger partial charge < -0.3 is 9.64 Å². The Morgan fingerprint density at radius 1 is 1.36 bits per heavy atom. The summed E-state index contributed by atoms with van der Waals surface area (Å²) in [5.74, 6) is -1.45. The molecule has 0 bridgehead atoms. The smallest absolute Gasteiger partial charge is 0.150 e. The molecule has 2 heterocycles. The van der Waals surface area contributed by atoms with E-state index in [0.29, 0.717) is 26.2 Å². The first-order valence-corrected chi connectivity index (χ1v) is 6.90. The van der Waals surface area contributed by atoms with Gasteiger partial charge in [-0.1, -0.05) is 0 Å². The SMILES string of the molecule is N#Cc1cc(F)c(N2CCOC(Cn3cccn3)C2)c(F)c1. The van der Waals surface area contributed by atoms with Gasteiger partial charge in [-0.15, -0.1) is 0 Å². The zero-order chi connectivity index (χ0) is 15.5. The average molecular weight is 304 g/mol. The number of benzene rings is 1. The topological polar surface area (TPSA) is 54.1 Å². The molecule has 7 heteroatoms. The Morgan fingerprint density at radius 2 is 2.14 bits per heavy atom. The highest BCUT2D eigenvalue weighted by molar-refractivity contribution is 5.53. The standard InChI is InChI=1S/C15H14F2N4O/c16-13-6-11(8-18)7-14(17)15(13)20-4-5-22-12(9-20)10-21-3-1-2-19-21/h1-3,6-7,12H,4-5,9-10H2. The molecule has 22 heavy (non-hydrogen) atoms. The first-order valence-electron chi connectivity index (χ1n) is 6.90. The molecule has 0 N–H and O–H groups in total. The van der Waals surface area contributed by atoms with Crippen molar-refractivity contribution in [1.29, 1.82) is 5.26 Å². The van der Waals surface area contributed by atoms with E-state index < -0.39 is 11.6 Å². The molecule has 0 saturated carbocycles. The second-order valence-electron chi connectivity index (χ2n) is 5.07. The van der Waals surface area contributed by atoms with E-state index in [-0.39, 0.29) is 17.4 Å². The molecule has 1 aromatic heterocycles. The van der Waals surface area contributed by atoms with Gasteiger partial charge in [0.05, 0.1) is 30.9 Å². The van der Waals surface area contributed by atoms with Crippen LogP contribution in [-0.4, -0.2) is 35.6 Å². The van der Waals surface area contributed by atoms with Crippen LogP contribution in [0.1, 0.15) is 5.56 Å². The summed E-state index contributed by atoms with van der Waals surface area (Å²) in [5, 5.41) is 12.8. The van der Waals surface area contributed by atoms with E-state index in [1.165, 1.54) is 0 Å². The van der Waals surface area contributed by atoms with Gasteiger partial charge in [-0.3, -0.25) is 4.68 Å². The highest BCUT2D eigenvalue weighted by Crippen LogP contribution is 2.26. The van der Waals surface area contributed by atoms with Crippen LogP contribution in [0, 0.1) is 23.0 Å². The van der Waals surface area contributed by atoms with Crippen LogP contribution in [0.2, 0.25) is 0 Å².